The zero-order valence-electron chi connectivity index (χ0n) is 43.8. The highest BCUT2D eigenvalue weighted by Gasteiger charge is 2.43. The zero-order chi connectivity index (χ0) is 49.4. The molecule has 0 saturated carbocycles. The number of hydrogen-bond acceptors (Lipinski definition) is 12. The third-order valence-corrected chi connectivity index (χ3v) is 12.5. The second-order valence-corrected chi connectivity index (χ2v) is 17.9. The first-order valence-electron chi connectivity index (χ1n) is 27.3. The van der Waals surface area contributed by atoms with Crippen molar-refractivity contribution in [2.75, 3.05) is 79.3 Å². The molecule has 4 atom stereocenters. The summed E-state index contributed by atoms with van der Waals surface area (Å²) in [6.45, 7) is 16.1. The van der Waals surface area contributed by atoms with Gasteiger partial charge in [0.2, 0.25) is 0 Å². The second kappa shape index (κ2) is 39.5. The van der Waals surface area contributed by atoms with Crippen molar-refractivity contribution in [1.29, 1.82) is 0 Å². The molecule has 2 aliphatic carbocycles. The third kappa shape index (κ3) is 22.5. The molecule has 2 aromatic carbocycles. The first-order chi connectivity index (χ1) is 34.8. The van der Waals surface area contributed by atoms with Crippen molar-refractivity contribution < 1.29 is 56.8 Å². The molecule has 0 fully saturated rings. The highest BCUT2D eigenvalue weighted by Crippen LogP contribution is 2.56. The number of unbranched alkanes of at least 4 members (excludes halogenated alkanes) is 16. The van der Waals surface area contributed by atoms with E-state index in [0.29, 0.717) is 79.3 Å². The predicted molar refractivity (Wildman–Crippen MR) is 278 cm³/mol. The summed E-state index contributed by atoms with van der Waals surface area (Å²) in [4.78, 5) is 0. The van der Waals surface area contributed by atoms with E-state index in [2.05, 4.69) is 24.3 Å². The van der Waals surface area contributed by atoms with Gasteiger partial charge in [-0.05, 0) is 112 Å². The number of ether oxygens (including phenoxy) is 12. The van der Waals surface area contributed by atoms with Crippen LogP contribution in [0.25, 0.3) is 10.8 Å². The van der Waals surface area contributed by atoms with Gasteiger partial charge in [0.05, 0.1) is 52.9 Å². The van der Waals surface area contributed by atoms with Gasteiger partial charge in [0.1, 0.15) is 74.5 Å². The summed E-state index contributed by atoms with van der Waals surface area (Å²) in [7, 11) is 0. The lowest BCUT2D eigenvalue weighted by molar-refractivity contribution is -0.0754. The van der Waals surface area contributed by atoms with Crippen molar-refractivity contribution >= 4 is 10.8 Å². The summed E-state index contributed by atoms with van der Waals surface area (Å²) >= 11 is 0. The topological polar surface area (TPSA) is 111 Å². The molecule has 12 heteroatoms. The van der Waals surface area contributed by atoms with E-state index in [4.69, 9.17) is 56.8 Å². The van der Waals surface area contributed by atoms with Gasteiger partial charge in [-0.15, -0.1) is 0 Å². The van der Waals surface area contributed by atoms with Gasteiger partial charge in [0.15, 0.2) is 0 Å². The Morgan fingerprint density at radius 3 is 0.657 bits per heavy atom. The predicted octanol–water partition coefficient (Wildman–Crippen LogP) is 15.0. The molecule has 0 spiro atoms. The maximum absolute atomic E-state index is 6.88. The molecule has 0 aromatic heterocycles. The molecule has 0 aliphatic heterocycles. The molecule has 0 bridgehead atoms. The molecule has 2 aromatic rings. The quantitative estimate of drug-likeness (QED) is 0.0465. The normalized spacial score (nSPS) is 17.3. The largest absolute Gasteiger partial charge is 0.498 e. The molecule has 12 nitrogen and oxygen atoms in total. The fourth-order valence-electron chi connectivity index (χ4n) is 9.00. The maximum atomic E-state index is 6.88. The second-order valence-electron chi connectivity index (χ2n) is 17.9. The molecule has 4 rings (SSSR count). The van der Waals surface area contributed by atoms with Crippen LogP contribution in [0, 0.1) is 0 Å². The molecule has 0 radical (unpaired) electrons. The Bertz CT molecular complexity index is 1470. The van der Waals surface area contributed by atoms with Gasteiger partial charge in [-0.1, -0.05) is 101 Å². The first kappa shape index (κ1) is 58.5. The molecular formula is C58H92O12. The van der Waals surface area contributed by atoms with Crippen LogP contribution >= 0.6 is 0 Å². The Balaban J connectivity index is 1.39. The Hall–Kier alpha value is -4.10. The number of hydrogen-bond donors (Lipinski definition) is 0. The summed E-state index contributed by atoms with van der Waals surface area (Å²) in [5, 5.41) is 2.55. The molecule has 4 unspecified atom stereocenters. The third-order valence-electron chi connectivity index (χ3n) is 12.5. The van der Waals surface area contributed by atoms with Gasteiger partial charge in [-0.25, -0.2) is 0 Å². The van der Waals surface area contributed by atoms with Crippen molar-refractivity contribution in [2.45, 2.75) is 181 Å². The number of rotatable bonds is 48. The molecule has 0 saturated heterocycles. The van der Waals surface area contributed by atoms with Crippen molar-refractivity contribution in [3.05, 3.63) is 96.6 Å². The van der Waals surface area contributed by atoms with Gasteiger partial charge in [0, 0.05) is 26.4 Å². The fourth-order valence-corrected chi connectivity index (χ4v) is 9.00. The van der Waals surface area contributed by atoms with E-state index in [9.17, 15) is 0 Å². The van der Waals surface area contributed by atoms with Crippen molar-refractivity contribution in [3.8, 4) is 0 Å². The van der Waals surface area contributed by atoms with Crippen LogP contribution < -0.4 is 0 Å². The highest BCUT2D eigenvalue weighted by atomic mass is 16.6. The van der Waals surface area contributed by atoms with Crippen LogP contribution in [-0.4, -0.2) is 79.3 Å². The first-order valence-corrected chi connectivity index (χ1v) is 27.3. The minimum Gasteiger partial charge on any atom is -0.498 e. The highest BCUT2D eigenvalue weighted by molar-refractivity contribution is 5.98. The number of benzene rings is 2. The van der Waals surface area contributed by atoms with Crippen LogP contribution in [0.2, 0.25) is 0 Å². The van der Waals surface area contributed by atoms with Crippen molar-refractivity contribution in [2.24, 2.45) is 0 Å². The van der Waals surface area contributed by atoms with Gasteiger partial charge in [0.25, 0.3) is 0 Å². The molecule has 396 valence electrons. The monoisotopic (exact) mass is 981 g/mol. The Morgan fingerprint density at radius 1 is 0.257 bits per heavy atom. The Labute approximate surface area is 422 Å². The van der Waals surface area contributed by atoms with Crippen molar-refractivity contribution in [3.63, 3.8) is 0 Å². The lowest BCUT2D eigenvalue weighted by Gasteiger charge is -2.24. The van der Waals surface area contributed by atoms with E-state index >= 15 is 0 Å². The molecule has 2 aliphatic rings. The standard InChI is InChI=1S/C58H92O12/c1-5-59-41-45-63-33-21-13-9-17-25-37-67-55-49-29-30-51-54-52(32-31-50(53(49)54)56(55)68-38-26-18-10-14-22-34-64-46-42-60-6-2)58(70-40-28-20-12-16-24-36-66-48-44-62-8-4)57(51)69-39-27-19-11-15-23-35-65-47-43-61-7-3/h29-32,41-48,55-58H,5-28,33-40H2,1-4H3. The lowest BCUT2D eigenvalue weighted by atomic mass is 9.99. The molecule has 70 heavy (non-hydrogen) atoms. The van der Waals surface area contributed by atoms with E-state index in [0.717, 1.165) is 128 Å². The molecule has 0 amide bonds. The minimum atomic E-state index is -0.164. The SMILES string of the molecule is CCOC=COCCCCCCCOC1c2ccc3c4c(ccc(c24)C1OCCCCCCCOC=COCC)C(OCCCCCCCOC=COCC)C3OCCCCCCCOC=COCC. The summed E-state index contributed by atoms with van der Waals surface area (Å²) in [6.07, 6.45) is 34.1. The average molecular weight is 981 g/mol. The van der Waals surface area contributed by atoms with Crippen LogP contribution in [-0.2, 0) is 56.8 Å². The zero-order valence-corrected chi connectivity index (χ0v) is 43.8. The molecule has 0 N–H and O–H groups in total. The fraction of sp³-hybridized carbons (Fsp3) is 0.690. The van der Waals surface area contributed by atoms with E-state index in [1.54, 1.807) is 50.1 Å². The lowest BCUT2D eigenvalue weighted by Crippen LogP contribution is -2.16. The summed E-state index contributed by atoms with van der Waals surface area (Å²) < 4.78 is 70.5. The van der Waals surface area contributed by atoms with E-state index in [-0.39, 0.29) is 24.4 Å². The Kier molecular flexibility index (Phi) is 33.0. The van der Waals surface area contributed by atoms with Crippen LogP contribution in [0.5, 0.6) is 0 Å². The summed E-state index contributed by atoms with van der Waals surface area (Å²) in [5.74, 6) is 0. The molecule has 0 heterocycles. The maximum Gasteiger partial charge on any atom is 0.117 e. The van der Waals surface area contributed by atoms with Crippen molar-refractivity contribution in [1.82, 2.24) is 0 Å². The smallest absolute Gasteiger partial charge is 0.117 e. The van der Waals surface area contributed by atoms with Gasteiger partial charge < -0.3 is 56.8 Å². The van der Waals surface area contributed by atoms with E-state index in [1.807, 2.05) is 27.7 Å². The van der Waals surface area contributed by atoms with Crippen LogP contribution in [0.3, 0.4) is 0 Å². The van der Waals surface area contributed by atoms with Gasteiger partial charge in [-0.3, -0.25) is 0 Å². The average Bonchev–Trinajstić information content (AvgIpc) is 3.85. The van der Waals surface area contributed by atoms with Gasteiger partial charge >= 0.3 is 0 Å². The Morgan fingerprint density at radius 2 is 0.443 bits per heavy atom. The minimum absolute atomic E-state index is 0.164. The van der Waals surface area contributed by atoms with E-state index < -0.39 is 0 Å². The summed E-state index contributed by atoms with van der Waals surface area (Å²) in [5.41, 5.74) is 4.91. The van der Waals surface area contributed by atoms with E-state index in [1.165, 1.54) is 33.0 Å². The van der Waals surface area contributed by atoms with Crippen LogP contribution in [0.15, 0.2) is 74.4 Å². The summed E-state index contributed by atoms with van der Waals surface area (Å²) in [6, 6.07) is 9.19. The molecular weight excluding hydrogens is 889 g/mol. The van der Waals surface area contributed by atoms with Crippen LogP contribution in [0.4, 0.5) is 0 Å². The van der Waals surface area contributed by atoms with Crippen LogP contribution in [0.1, 0.15) is 203 Å². The van der Waals surface area contributed by atoms with Gasteiger partial charge in [-0.2, -0.15) is 0 Å².